The van der Waals surface area contributed by atoms with Crippen molar-refractivity contribution in [2.45, 2.75) is 0 Å². The van der Waals surface area contributed by atoms with Gasteiger partial charge in [0.05, 0.1) is 10.6 Å². The summed E-state index contributed by atoms with van der Waals surface area (Å²) >= 11 is 0. The van der Waals surface area contributed by atoms with Gasteiger partial charge in [-0.25, -0.2) is 0 Å². The SMILES string of the molecule is O=C(/C=C(\Nc1ccc([N+](=O)[O-])cc1)C(=O)c1ccccc1)c1ccccc1. The molecule has 0 atom stereocenters. The van der Waals surface area contributed by atoms with Gasteiger partial charge in [-0.05, 0) is 12.1 Å². The van der Waals surface area contributed by atoms with E-state index in [4.69, 9.17) is 0 Å². The number of rotatable bonds is 7. The number of ketones is 2. The van der Waals surface area contributed by atoms with E-state index in [-0.39, 0.29) is 23.0 Å². The zero-order chi connectivity index (χ0) is 19.9. The number of non-ortho nitro benzene ring substituents is 1. The van der Waals surface area contributed by atoms with Crippen molar-refractivity contribution in [1.29, 1.82) is 0 Å². The van der Waals surface area contributed by atoms with E-state index in [0.29, 0.717) is 16.8 Å². The maximum atomic E-state index is 12.9. The molecule has 0 heterocycles. The number of anilines is 1. The standard InChI is InChI=1S/C22H16N2O4/c25-21(16-7-3-1-4-8-16)15-20(22(26)17-9-5-2-6-10-17)23-18-11-13-19(14-12-18)24(27)28/h1-15,23H/b20-15-. The molecule has 0 spiro atoms. The van der Waals surface area contributed by atoms with Crippen LogP contribution in [0.5, 0.6) is 0 Å². The molecule has 138 valence electrons. The second-order valence-corrected chi connectivity index (χ2v) is 5.91. The molecule has 0 saturated carbocycles. The summed E-state index contributed by atoms with van der Waals surface area (Å²) in [5.41, 5.74) is 1.34. The lowest BCUT2D eigenvalue weighted by Crippen LogP contribution is -2.14. The molecule has 3 aromatic carbocycles. The van der Waals surface area contributed by atoms with Crippen molar-refractivity contribution in [1.82, 2.24) is 0 Å². The Hall–Kier alpha value is -4.06. The molecule has 28 heavy (non-hydrogen) atoms. The van der Waals surface area contributed by atoms with Crippen molar-refractivity contribution in [3.05, 3.63) is 118 Å². The number of nitro groups is 1. The van der Waals surface area contributed by atoms with Crippen LogP contribution < -0.4 is 5.32 Å². The van der Waals surface area contributed by atoms with E-state index in [1.807, 2.05) is 0 Å². The van der Waals surface area contributed by atoms with E-state index >= 15 is 0 Å². The Morgan fingerprint density at radius 1 is 0.786 bits per heavy atom. The lowest BCUT2D eigenvalue weighted by atomic mass is 10.0. The number of carbonyl (C=O) groups is 2. The van der Waals surface area contributed by atoms with Gasteiger partial charge in [-0.2, -0.15) is 0 Å². The Morgan fingerprint density at radius 2 is 1.32 bits per heavy atom. The van der Waals surface area contributed by atoms with Crippen LogP contribution in [0.4, 0.5) is 11.4 Å². The number of hydrogen-bond donors (Lipinski definition) is 1. The summed E-state index contributed by atoms with van der Waals surface area (Å²) < 4.78 is 0. The molecule has 0 aliphatic carbocycles. The average molecular weight is 372 g/mol. The second-order valence-electron chi connectivity index (χ2n) is 5.91. The van der Waals surface area contributed by atoms with Crippen LogP contribution in [0.2, 0.25) is 0 Å². The third-order valence-electron chi connectivity index (χ3n) is 3.97. The zero-order valence-corrected chi connectivity index (χ0v) is 14.7. The molecule has 0 aliphatic heterocycles. The third kappa shape index (κ3) is 4.56. The van der Waals surface area contributed by atoms with Crippen LogP contribution in [0.25, 0.3) is 0 Å². The number of nitro benzene ring substituents is 1. The summed E-state index contributed by atoms with van der Waals surface area (Å²) in [4.78, 5) is 35.8. The molecule has 0 saturated heterocycles. The molecule has 0 amide bonds. The van der Waals surface area contributed by atoms with E-state index in [2.05, 4.69) is 5.32 Å². The zero-order valence-electron chi connectivity index (χ0n) is 14.7. The molecule has 0 fully saturated rings. The molecule has 0 aromatic heterocycles. The molecule has 0 unspecified atom stereocenters. The van der Waals surface area contributed by atoms with Gasteiger partial charge >= 0.3 is 0 Å². The van der Waals surface area contributed by atoms with Gasteiger partial charge in [0.15, 0.2) is 5.78 Å². The van der Waals surface area contributed by atoms with Crippen LogP contribution in [0.3, 0.4) is 0 Å². The first-order chi connectivity index (χ1) is 13.5. The van der Waals surface area contributed by atoms with Crippen LogP contribution >= 0.6 is 0 Å². The van der Waals surface area contributed by atoms with Gasteiger partial charge in [0.2, 0.25) is 5.78 Å². The van der Waals surface area contributed by atoms with Gasteiger partial charge in [0.1, 0.15) is 0 Å². The van der Waals surface area contributed by atoms with Crippen molar-refractivity contribution in [3.8, 4) is 0 Å². The fourth-order valence-electron chi connectivity index (χ4n) is 2.54. The van der Waals surface area contributed by atoms with E-state index in [9.17, 15) is 19.7 Å². The molecule has 0 aliphatic rings. The normalized spacial score (nSPS) is 10.9. The Bertz CT molecular complexity index is 1030. The molecular weight excluding hydrogens is 356 g/mol. The van der Waals surface area contributed by atoms with Crippen molar-refractivity contribution in [2.24, 2.45) is 0 Å². The van der Waals surface area contributed by atoms with Gasteiger partial charge in [-0.3, -0.25) is 19.7 Å². The summed E-state index contributed by atoms with van der Waals surface area (Å²) in [7, 11) is 0. The predicted octanol–water partition coefficient (Wildman–Crippen LogP) is 4.66. The minimum absolute atomic E-state index is 0.0640. The van der Waals surface area contributed by atoms with E-state index in [1.165, 1.54) is 30.3 Å². The minimum Gasteiger partial charge on any atom is -0.352 e. The maximum Gasteiger partial charge on any atom is 0.269 e. The Morgan fingerprint density at radius 3 is 1.86 bits per heavy atom. The molecule has 6 nitrogen and oxygen atoms in total. The van der Waals surface area contributed by atoms with Gasteiger partial charge < -0.3 is 5.32 Å². The maximum absolute atomic E-state index is 12.9. The highest BCUT2D eigenvalue weighted by molar-refractivity contribution is 6.16. The average Bonchev–Trinajstić information content (AvgIpc) is 2.74. The number of carbonyl (C=O) groups excluding carboxylic acids is 2. The van der Waals surface area contributed by atoms with Crippen molar-refractivity contribution < 1.29 is 14.5 Å². The van der Waals surface area contributed by atoms with Gasteiger partial charge in [-0.15, -0.1) is 0 Å². The Kier molecular flexibility index (Phi) is 5.72. The smallest absolute Gasteiger partial charge is 0.269 e. The number of allylic oxidation sites excluding steroid dienone is 2. The van der Waals surface area contributed by atoms with Crippen LogP contribution in [0, 0.1) is 10.1 Å². The number of nitrogens with one attached hydrogen (secondary N) is 1. The van der Waals surface area contributed by atoms with Crippen molar-refractivity contribution >= 4 is 22.9 Å². The largest absolute Gasteiger partial charge is 0.352 e. The molecule has 3 rings (SSSR count). The third-order valence-corrected chi connectivity index (χ3v) is 3.97. The van der Waals surface area contributed by atoms with Crippen molar-refractivity contribution in [2.75, 3.05) is 5.32 Å². The van der Waals surface area contributed by atoms with Crippen LogP contribution in [0.15, 0.2) is 96.7 Å². The number of nitrogens with zero attached hydrogens (tertiary/aromatic N) is 1. The molecular formula is C22H16N2O4. The number of benzene rings is 3. The van der Waals surface area contributed by atoms with Gasteiger partial charge in [0.25, 0.3) is 5.69 Å². The number of hydrogen-bond acceptors (Lipinski definition) is 5. The molecule has 1 N–H and O–H groups in total. The van der Waals surface area contributed by atoms with Gasteiger partial charge in [-0.1, -0.05) is 60.7 Å². The highest BCUT2D eigenvalue weighted by Gasteiger charge is 2.15. The first-order valence-corrected chi connectivity index (χ1v) is 8.47. The summed E-state index contributed by atoms with van der Waals surface area (Å²) in [6, 6.07) is 22.8. The van der Waals surface area contributed by atoms with Crippen LogP contribution in [-0.2, 0) is 0 Å². The van der Waals surface area contributed by atoms with E-state index < -0.39 is 4.92 Å². The molecule has 0 radical (unpaired) electrons. The molecule has 3 aromatic rings. The second kappa shape index (κ2) is 8.55. The van der Waals surface area contributed by atoms with Crippen molar-refractivity contribution in [3.63, 3.8) is 0 Å². The quantitative estimate of drug-likeness (QED) is 0.282. The van der Waals surface area contributed by atoms with Gasteiger partial charge in [0, 0.05) is 35.0 Å². The topological polar surface area (TPSA) is 89.3 Å². The predicted molar refractivity (Wildman–Crippen MR) is 106 cm³/mol. The highest BCUT2D eigenvalue weighted by atomic mass is 16.6. The monoisotopic (exact) mass is 372 g/mol. The Balaban J connectivity index is 1.94. The number of Topliss-reactive ketones (excluding diaryl/α,β-unsaturated/α-hetero) is 1. The summed E-state index contributed by atoms with van der Waals surface area (Å²) in [5.74, 6) is -0.683. The van der Waals surface area contributed by atoms with E-state index in [1.54, 1.807) is 60.7 Å². The highest BCUT2D eigenvalue weighted by Crippen LogP contribution is 2.19. The lowest BCUT2D eigenvalue weighted by molar-refractivity contribution is -0.384. The summed E-state index contributed by atoms with van der Waals surface area (Å²) in [6.07, 6.45) is 1.24. The first-order valence-electron chi connectivity index (χ1n) is 8.47. The fourth-order valence-corrected chi connectivity index (χ4v) is 2.54. The fraction of sp³-hybridized carbons (Fsp3) is 0. The molecule has 0 bridgehead atoms. The van der Waals surface area contributed by atoms with Crippen LogP contribution in [0.1, 0.15) is 20.7 Å². The molecule has 6 heteroatoms. The van der Waals surface area contributed by atoms with E-state index in [0.717, 1.165) is 0 Å². The first kappa shape index (κ1) is 18.7. The lowest BCUT2D eigenvalue weighted by Gasteiger charge is -2.10. The summed E-state index contributed by atoms with van der Waals surface area (Å²) in [5, 5.41) is 13.7. The Labute approximate surface area is 161 Å². The van der Waals surface area contributed by atoms with Crippen LogP contribution in [-0.4, -0.2) is 16.5 Å². The minimum atomic E-state index is -0.505. The summed E-state index contributed by atoms with van der Waals surface area (Å²) in [6.45, 7) is 0.